The molecule has 1 aliphatic heterocycles. The van der Waals surface area contributed by atoms with Gasteiger partial charge in [0.05, 0.1) is 0 Å². The molecule has 1 aliphatic rings. The number of carbonyl (C=O) groups excluding carboxylic acids is 1. The van der Waals surface area contributed by atoms with E-state index in [9.17, 15) is 9.59 Å². The molecule has 8 nitrogen and oxygen atoms in total. The lowest BCUT2D eigenvalue weighted by atomic mass is 10.2. The number of benzene rings is 1. The van der Waals surface area contributed by atoms with Crippen molar-refractivity contribution in [2.75, 3.05) is 31.1 Å². The van der Waals surface area contributed by atoms with Gasteiger partial charge in [-0.1, -0.05) is 30.3 Å². The van der Waals surface area contributed by atoms with Crippen LogP contribution in [-0.2, 0) is 11.3 Å². The molecule has 3 rings (SSSR count). The molecule has 1 fully saturated rings. The number of carboxylic acids is 1. The molecule has 0 unspecified atom stereocenters. The fourth-order valence-electron chi connectivity index (χ4n) is 2.40. The summed E-state index contributed by atoms with van der Waals surface area (Å²) in [6.07, 6.45) is 0.746. The smallest absolute Gasteiger partial charge is 0.410 e. The van der Waals surface area contributed by atoms with Gasteiger partial charge in [-0.2, -0.15) is 4.98 Å². The Morgan fingerprint density at radius 3 is 2.50 bits per heavy atom. The highest BCUT2D eigenvalue weighted by Crippen LogP contribution is 2.16. The molecule has 0 atom stereocenters. The topological polar surface area (TPSA) is 96.1 Å². The van der Waals surface area contributed by atoms with Gasteiger partial charge < -0.3 is 24.1 Å². The van der Waals surface area contributed by atoms with E-state index >= 15 is 0 Å². The van der Waals surface area contributed by atoms with E-state index in [4.69, 9.17) is 14.3 Å². The number of anilines is 1. The maximum Gasteiger partial charge on any atom is 0.410 e. The van der Waals surface area contributed by atoms with Gasteiger partial charge >= 0.3 is 12.1 Å². The summed E-state index contributed by atoms with van der Waals surface area (Å²) in [6.45, 7) is 2.15. The largest absolute Gasteiger partial charge is 0.476 e. The van der Waals surface area contributed by atoms with Crippen molar-refractivity contribution in [2.45, 2.75) is 6.61 Å². The van der Waals surface area contributed by atoms with Gasteiger partial charge in [0.15, 0.2) is 5.69 Å². The molecule has 126 valence electrons. The maximum absolute atomic E-state index is 12.1. The molecule has 0 saturated carbocycles. The van der Waals surface area contributed by atoms with Crippen molar-refractivity contribution in [3.63, 3.8) is 0 Å². The van der Waals surface area contributed by atoms with Crippen molar-refractivity contribution in [1.29, 1.82) is 0 Å². The zero-order chi connectivity index (χ0) is 16.9. The highest BCUT2D eigenvalue weighted by molar-refractivity contribution is 5.85. The number of amides is 1. The Bertz CT molecular complexity index is 708. The summed E-state index contributed by atoms with van der Waals surface area (Å²) < 4.78 is 10.5. The van der Waals surface area contributed by atoms with Crippen molar-refractivity contribution < 1.29 is 23.8 Å². The maximum atomic E-state index is 12.1. The Hall–Kier alpha value is -3.03. The third kappa shape index (κ3) is 3.65. The number of hydrogen-bond acceptors (Lipinski definition) is 6. The lowest BCUT2D eigenvalue weighted by molar-refractivity contribution is 0.0690. The molecule has 1 N–H and O–H groups in total. The van der Waals surface area contributed by atoms with Crippen LogP contribution in [0.2, 0.25) is 0 Å². The Kier molecular flexibility index (Phi) is 4.64. The number of nitrogens with zero attached hydrogens (tertiary/aromatic N) is 3. The Balaban J connectivity index is 1.49. The number of carboxylic acid groups (broad SMARTS) is 1. The van der Waals surface area contributed by atoms with Crippen LogP contribution in [0.1, 0.15) is 16.1 Å². The van der Waals surface area contributed by atoms with Gasteiger partial charge in [0.2, 0.25) is 0 Å². The van der Waals surface area contributed by atoms with E-state index in [2.05, 4.69) is 4.98 Å². The van der Waals surface area contributed by atoms with E-state index in [0.29, 0.717) is 26.2 Å². The predicted molar refractivity (Wildman–Crippen MR) is 83.9 cm³/mol. The number of piperazine rings is 1. The fraction of sp³-hybridized carbons (Fsp3) is 0.312. The highest BCUT2D eigenvalue weighted by Gasteiger charge is 2.25. The quantitative estimate of drug-likeness (QED) is 0.913. The first-order chi connectivity index (χ1) is 11.6. The molecule has 0 radical (unpaired) electrons. The second kappa shape index (κ2) is 7.03. The summed E-state index contributed by atoms with van der Waals surface area (Å²) in [6, 6.07) is 9.74. The standard InChI is InChI=1S/C16H17N3O5/c20-14(21)13-11-23-15(17-13)18-6-8-19(9-7-18)16(22)24-10-12-4-2-1-3-5-12/h1-5,11H,6-10H2,(H,20,21). The van der Waals surface area contributed by atoms with Gasteiger partial charge in [-0.25, -0.2) is 9.59 Å². The van der Waals surface area contributed by atoms with E-state index in [-0.39, 0.29) is 24.4 Å². The molecule has 2 heterocycles. The Labute approximate surface area is 138 Å². The number of ether oxygens (including phenoxy) is 1. The van der Waals surface area contributed by atoms with Gasteiger partial charge in [0.1, 0.15) is 12.9 Å². The zero-order valence-corrected chi connectivity index (χ0v) is 12.9. The van der Waals surface area contributed by atoms with Crippen LogP contribution >= 0.6 is 0 Å². The van der Waals surface area contributed by atoms with Crippen molar-refractivity contribution in [3.05, 3.63) is 47.9 Å². The minimum absolute atomic E-state index is 0.130. The zero-order valence-electron chi connectivity index (χ0n) is 12.9. The normalized spacial score (nSPS) is 14.5. The molecule has 8 heteroatoms. The number of aromatic nitrogens is 1. The van der Waals surface area contributed by atoms with E-state index in [1.54, 1.807) is 9.80 Å². The van der Waals surface area contributed by atoms with E-state index in [0.717, 1.165) is 11.8 Å². The predicted octanol–water partition coefficient (Wildman–Crippen LogP) is 1.83. The highest BCUT2D eigenvalue weighted by atomic mass is 16.6. The Morgan fingerprint density at radius 1 is 1.17 bits per heavy atom. The molecular weight excluding hydrogens is 314 g/mol. The summed E-state index contributed by atoms with van der Waals surface area (Å²) in [5.41, 5.74) is 0.806. The molecular formula is C16H17N3O5. The minimum atomic E-state index is -1.13. The summed E-state index contributed by atoms with van der Waals surface area (Å²) in [5, 5.41) is 8.85. The van der Waals surface area contributed by atoms with Gasteiger partial charge in [-0.3, -0.25) is 0 Å². The van der Waals surface area contributed by atoms with Gasteiger partial charge in [0.25, 0.3) is 6.01 Å². The first-order valence-corrected chi connectivity index (χ1v) is 7.53. The van der Waals surface area contributed by atoms with Gasteiger partial charge in [-0.05, 0) is 5.56 Å². The third-order valence-corrected chi connectivity index (χ3v) is 3.72. The summed E-state index contributed by atoms with van der Waals surface area (Å²) >= 11 is 0. The summed E-state index contributed by atoms with van der Waals surface area (Å²) in [5.74, 6) is -1.13. The second-order valence-electron chi connectivity index (χ2n) is 5.33. The van der Waals surface area contributed by atoms with Crippen LogP contribution in [0, 0.1) is 0 Å². The van der Waals surface area contributed by atoms with E-state index in [1.165, 1.54) is 0 Å². The lowest BCUT2D eigenvalue weighted by Crippen LogP contribution is -2.49. The van der Waals surface area contributed by atoms with Crippen LogP contribution in [0.25, 0.3) is 0 Å². The molecule has 24 heavy (non-hydrogen) atoms. The van der Waals surface area contributed by atoms with Gasteiger partial charge in [-0.15, -0.1) is 0 Å². The SMILES string of the molecule is O=C(O)c1coc(N2CCN(C(=O)OCc3ccccc3)CC2)n1. The van der Waals surface area contributed by atoms with Crippen LogP contribution < -0.4 is 4.90 Å². The number of rotatable bonds is 4. The molecule has 1 amide bonds. The van der Waals surface area contributed by atoms with E-state index < -0.39 is 5.97 Å². The third-order valence-electron chi connectivity index (χ3n) is 3.72. The van der Waals surface area contributed by atoms with E-state index in [1.807, 2.05) is 30.3 Å². The molecule has 1 aromatic carbocycles. The molecule has 0 bridgehead atoms. The van der Waals surface area contributed by atoms with Crippen molar-refractivity contribution in [2.24, 2.45) is 0 Å². The summed E-state index contributed by atoms with van der Waals surface area (Å²) in [7, 11) is 0. The van der Waals surface area contributed by atoms with Crippen LogP contribution in [0.5, 0.6) is 0 Å². The number of carbonyl (C=O) groups is 2. The van der Waals surface area contributed by atoms with Crippen molar-refractivity contribution in [1.82, 2.24) is 9.88 Å². The van der Waals surface area contributed by atoms with Crippen LogP contribution in [-0.4, -0.2) is 53.2 Å². The van der Waals surface area contributed by atoms with Crippen LogP contribution in [0.15, 0.2) is 41.0 Å². The number of aromatic carboxylic acids is 1. The van der Waals surface area contributed by atoms with Crippen molar-refractivity contribution >= 4 is 18.1 Å². The van der Waals surface area contributed by atoms with Crippen LogP contribution in [0.3, 0.4) is 0 Å². The fourth-order valence-corrected chi connectivity index (χ4v) is 2.40. The van der Waals surface area contributed by atoms with Crippen LogP contribution in [0.4, 0.5) is 10.8 Å². The first-order valence-electron chi connectivity index (χ1n) is 7.53. The summed E-state index contributed by atoms with van der Waals surface area (Å²) in [4.78, 5) is 30.2. The molecule has 2 aromatic rings. The molecule has 0 spiro atoms. The average molecular weight is 331 g/mol. The van der Waals surface area contributed by atoms with Crippen molar-refractivity contribution in [3.8, 4) is 0 Å². The molecule has 0 aliphatic carbocycles. The lowest BCUT2D eigenvalue weighted by Gasteiger charge is -2.33. The number of oxazole rings is 1. The molecule has 1 saturated heterocycles. The minimum Gasteiger partial charge on any atom is -0.476 e. The average Bonchev–Trinajstić information content (AvgIpc) is 3.11. The van der Waals surface area contributed by atoms with Gasteiger partial charge in [0, 0.05) is 26.2 Å². The monoisotopic (exact) mass is 331 g/mol. The first kappa shape index (κ1) is 15.9. The Morgan fingerprint density at radius 2 is 1.88 bits per heavy atom. The second-order valence-corrected chi connectivity index (χ2v) is 5.33. The molecule has 1 aromatic heterocycles. The number of hydrogen-bond donors (Lipinski definition) is 1.